The number of fused-ring (bicyclic) bond motifs is 3. The van der Waals surface area contributed by atoms with Crippen LogP contribution < -0.4 is 15.6 Å². The van der Waals surface area contributed by atoms with Crippen molar-refractivity contribution < 1.29 is 13.2 Å². The molecule has 0 atom stereocenters. The number of hydrogen-bond donors (Lipinski definition) is 3. The Labute approximate surface area is 216 Å². The molecule has 0 spiro atoms. The van der Waals surface area contributed by atoms with Gasteiger partial charge in [-0.05, 0) is 73.7 Å². The molecule has 1 amide bonds. The monoisotopic (exact) mass is 542 g/mol. The molecule has 2 aromatic heterocycles. The highest BCUT2D eigenvalue weighted by molar-refractivity contribution is 7.92. The second-order valence-electron chi connectivity index (χ2n) is 8.59. The Balaban J connectivity index is 1.25. The van der Waals surface area contributed by atoms with Gasteiger partial charge < -0.3 is 10.3 Å². The molecule has 186 valence electrons. The number of carbonyl (C=O) groups excluding carboxylic acids is 1. The van der Waals surface area contributed by atoms with E-state index in [0.717, 1.165) is 36.1 Å². The molecule has 0 radical (unpaired) electrons. The topological polar surface area (TPSA) is 121 Å². The molecular weight excluding hydrogens is 520 g/mol. The second kappa shape index (κ2) is 10.0. The fourth-order valence-electron chi connectivity index (χ4n) is 4.26. The van der Waals surface area contributed by atoms with E-state index in [9.17, 15) is 18.0 Å². The number of rotatable bonds is 7. The lowest BCUT2D eigenvalue weighted by molar-refractivity contribution is -0.116. The van der Waals surface area contributed by atoms with Crippen LogP contribution in [0.2, 0.25) is 5.02 Å². The van der Waals surface area contributed by atoms with E-state index in [0.29, 0.717) is 27.6 Å². The SMILES string of the molecule is O=C(CCc1nc2sc3c(c2c(=O)[nH]1)CCCC3)Nc1cccc(S(=O)(=O)Nc2ccc(Cl)cc2)c1. The molecule has 2 aromatic carbocycles. The first-order chi connectivity index (χ1) is 17.3. The quantitative estimate of drug-likeness (QED) is 0.307. The van der Waals surface area contributed by atoms with Gasteiger partial charge in [0, 0.05) is 34.1 Å². The molecular formula is C25H23ClN4O4S2. The Morgan fingerprint density at radius 2 is 1.86 bits per heavy atom. The highest BCUT2D eigenvalue weighted by Gasteiger charge is 2.20. The zero-order chi connectivity index (χ0) is 25.3. The molecule has 0 fully saturated rings. The van der Waals surface area contributed by atoms with Gasteiger partial charge in [-0.1, -0.05) is 17.7 Å². The molecule has 0 aliphatic heterocycles. The van der Waals surface area contributed by atoms with Crippen LogP contribution in [0.3, 0.4) is 0 Å². The third kappa shape index (κ3) is 5.30. The van der Waals surface area contributed by atoms with Gasteiger partial charge in [0.2, 0.25) is 5.91 Å². The number of nitrogens with one attached hydrogen (secondary N) is 3. The van der Waals surface area contributed by atoms with E-state index >= 15 is 0 Å². The first-order valence-electron chi connectivity index (χ1n) is 11.5. The van der Waals surface area contributed by atoms with Crippen molar-refractivity contribution in [1.82, 2.24) is 9.97 Å². The maximum Gasteiger partial charge on any atom is 0.261 e. The minimum atomic E-state index is -3.86. The molecule has 0 bridgehead atoms. The lowest BCUT2D eigenvalue weighted by Crippen LogP contribution is -2.17. The molecule has 5 rings (SSSR count). The molecule has 4 aromatic rings. The number of benzene rings is 2. The highest BCUT2D eigenvalue weighted by Crippen LogP contribution is 2.33. The van der Waals surface area contributed by atoms with Crippen molar-refractivity contribution >= 4 is 60.5 Å². The Hall–Kier alpha value is -3.21. The first-order valence-corrected chi connectivity index (χ1v) is 14.2. The summed E-state index contributed by atoms with van der Waals surface area (Å²) in [6.45, 7) is 0. The van der Waals surface area contributed by atoms with Crippen molar-refractivity contribution in [1.29, 1.82) is 0 Å². The number of halogens is 1. The van der Waals surface area contributed by atoms with E-state index < -0.39 is 10.0 Å². The highest BCUT2D eigenvalue weighted by atomic mass is 35.5. The van der Waals surface area contributed by atoms with E-state index in [1.807, 2.05) is 0 Å². The zero-order valence-electron chi connectivity index (χ0n) is 19.1. The number of amides is 1. The fourth-order valence-corrected chi connectivity index (χ4v) is 6.77. The van der Waals surface area contributed by atoms with Crippen LogP contribution in [-0.4, -0.2) is 24.3 Å². The summed E-state index contributed by atoms with van der Waals surface area (Å²) in [5.74, 6) is 0.146. The number of carbonyl (C=O) groups is 1. The summed E-state index contributed by atoms with van der Waals surface area (Å²) in [6.07, 6.45) is 4.45. The number of anilines is 2. The van der Waals surface area contributed by atoms with Crippen molar-refractivity contribution in [2.24, 2.45) is 0 Å². The Morgan fingerprint density at radius 3 is 2.67 bits per heavy atom. The average Bonchev–Trinajstić information content (AvgIpc) is 3.23. The summed E-state index contributed by atoms with van der Waals surface area (Å²) in [5.41, 5.74) is 1.70. The summed E-state index contributed by atoms with van der Waals surface area (Å²) >= 11 is 7.42. The summed E-state index contributed by atoms with van der Waals surface area (Å²) in [4.78, 5) is 34.7. The minimum Gasteiger partial charge on any atom is -0.326 e. The molecule has 8 nitrogen and oxygen atoms in total. The number of aryl methyl sites for hydroxylation is 3. The van der Waals surface area contributed by atoms with Crippen molar-refractivity contribution in [2.45, 2.75) is 43.4 Å². The Bertz CT molecular complexity index is 1610. The van der Waals surface area contributed by atoms with Crippen LogP contribution in [0.5, 0.6) is 0 Å². The lowest BCUT2D eigenvalue weighted by atomic mass is 9.97. The smallest absolute Gasteiger partial charge is 0.261 e. The first kappa shape index (κ1) is 24.5. The van der Waals surface area contributed by atoms with Gasteiger partial charge in [-0.3, -0.25) is 14.3 Å². The van der Waals surface area contributed by atoms with Gasteiger partial charge in [0.05, 0.1) is 10.3 Å². The van der Waals surface area contributed by atoms with E-state index in [1.54, 1.807) is 47.7 Å². The van der Waals surface area contributed by atoms with E-state index in [2.05, 4.69) is 20.0 Å². The van der Waals surface area contributed by atoms with Gasteiger partial charge >= 0.3 is 0 Å². The lowest BCUT2D eigenvalue weighted by Gasteiger charge is -2.10. The number of sulfonamides is 1. The molecule has 0 saturated heterocycles. The largest absolute Gasteiger partial charge is 0.326 e. The molecule has 1 aliphatic rings. The minimum absolute atomic E-state index is 0.00774. The Morgan fingerprint density at radius 1 is 1.08 bits per heavy atom. The van der Waals surface area contributed by atoms with Crippen LogP contribution in [0.15, 0.2) is 58.2 Å². The molecule has 0 unspecified atom stereocenters. The average molecular weight is 543 g/mol. The van der Waals surface area contributed by atoms with Crippen LogP contribution in [0.1, 0.15) is 35.5 Å². The number of hydrogen-bond acceptors (Lipinski definition) is 6. The van der Waals surface area contributed by atoms with Crippen molar-refractivity contribution in [2.75, 3.05) is 10.0 Å². The van der Waals surface area contributed by atoms with Gasteiger partial charge in [-0.2, -0.15) is 0 Å². The molecule has 3 N–H and O–H groups in total. The fraction of sp³-hybridized carbons (Fsp3) is 0.240. The summed E-state index contributed by atoms with van der Waals surface area (Å²) in [5, 5.41) is 3.91. The third-order valence-corrected chi connectivity index (χ3v) is 8.80. The second-order valence-corrected chi connectivity index (χ2v) is 11.8. The molecule has 11 heteroatoms. The van der Waals surface area contributed by atoms with Gasteiger partial charge in [0.25, 0.3) is 15.6 Å². The maximum atomic E-state index is 12.7. The number of thiophene rings is 1. The Kier molecular flexibility index (Phi) is 6.83. The van der Waals surface area contributed by atoms with E-state index in [-0.39, 0.29) is 29.2 Å². The number of aromatic nitrogens is 2. The van der Waals surface area contributed by atoms with Crippen LogP contribution in [-0.2, 0) is 34.1 Å². The van der Waals surface area contributed by atoms with Gasteiger partial charge in [0.15, 0.2) is 0 Å². The van der Waals surface area contributed by atoms with Crippen LogP contribution in [0.4, 0.5) is 11.4 Å². The van der Waals surface area contributed by atoms with Gasteiger partial charge in [-0.15, -0.1) is 11.3 Å². The maximum absolute atomic E-state index is 12.7. The summed E-state index contributed by atoms with van der Waals surface area (Å²) in [6, 6.07) is 12.3. The third-order valence-electron chi connectivity index (χ3n) is 5.99. The van der Waals surface area contributed by atoms with E-state index in [4.69, 9.17) is 11.6 Å². The molecule has 2 heterocycles. The zero-order valence-corrected chi connectivity index (χ0v) is 21.5. The predicted molar refractivity (Wildman–Crippen MR) is 143 cm³/mol. The predicted octanol–water partition coefficient (Wildman–Crippen LogP) is 4.89. The standard InChI is InChI=1S/C25H23ClN4O4S2/c26-15-8-10-16(11-9-15)30-36(33,34)18-5-3-4-17(14-18)27-22(31)13-12-21-28-24(32)23-19-6-1-2-7-20(19)35-25(23)29-21/h3-5,8-11,14,30H,1-2,6-7,12-13H2,(H,27,31)(H,28,29,32). The normalized spacial score (nSPS) is 13.4. The molecule has 1 aliphatic carbocycles. The van der Waals surface area contributed by atoms with Crippen molar-refractivity contribution in [3.05, 3.63) is 80.2 Å². The summed E-state index contributed by atoms with van der Waals surface area (Å²) in [7, 11) is -3.86. The van der Waals surface area contributed by atoms with Gasteiger partial charge in [0.1, 0.15) is 10.7 Å². The summed E-state index contributed by atoms with van der Waals surface area (Å²) < 4.78 is 28.0. The van der Waals surface area contributed by atoms with Crippen LogP contribution in [0, 0.1) is 0 Å². The van der Waals surface area contributed by atoms with Gasteiger partial charge in [-0.25, -0.2) is 13.4 Å². The number of nitrogens with zero attached hydrogens (tertiary/aromatic N) is 1. The number of H-pyrrole nitrogens is 1. The molecule has 0 saturated carbocycles. The van der Waals surface area contributed by atoms with Crippen molar-refractivity contribution in [3.8, 4) is 0 Å². The molecule has 36 heavy (non-hydrogen) atoms. The van der Waals surface area contributed by atoms with E-state index in [1.165, 1.54) is 17.0 Å². The van der Waals surface area contributed by atoms with Crippen LogP contribution >= 0.6 is 22.9 Å². The van der Waals surface area contributed by atoms with Crippen LogP contribution in [0.25, 0.3) is 10.2 Å². The number of aromatic amines is 1. The van der Waals surface area contributed by atoms with Crippen molar-refractivity contribution in [3.63, 3.8) is 0 Å².